The second-order valence-corrected chi connectivity index (χ2v) is 7.84. The maximum absolute atomic E-state index is 12.1. The number of nitrogens with one attached hydrogen (secondary N) is 2. The largest absolute Gasteiger partial charge is 0.506 e. The van der Waals surface area contributed by atoms with Gasteiger partial charge in [-0.2, -0.15) is 0 Å². The maximum Gasteiger partial charge on any atom is 0.251 e. The fraction of sp³-hybridized carbons (Fsp3) is 0.333. The van der Waals surface area contributed by atoms with Crippen molar-refractivity contribution in [2.24, 2.45) is 0 Å². The molecule has 0 heterocycles. The zero-order valence-electron chi connectivity index (χ0n) is 12.6. The van der Waals surface area contributed by atoms with E-state index in [0.29, 0.717) is 12.8 Å². The van der Waals surface area contributed by atoms with Crippen molar-refractivity contribution in [3.63, 3.8) is 0 Å². The van der Waals surface area contributed by atoms with E-state index in [1.54, 1.807) is 0 Å². The predicted molar refractivity (Wildman–Crippen MR) is 86.1 cm³/mol. The number of carbonyl (C=O) groups is 2. The topological polar surface area (TPSA) is 113 Å². The zero-order valence-corrected chi connectivity index (χ0v) is 13.4. The van der Waals surface area contributed by atoms with Gasteiger partial charge in [-0.3, -0.25) is 9.59 Å². The molecule has 1 aromatic rings. The van der Waals surface area contributed by atoms with Gasteiger partial charge in [-0.15, -0.1) is 0 Å². The molecule has 0 unspecified atom stereocenters. The van der Waals surface area contributed by atoms with Crippen molar-refractivity contribution in [1.29, 1.82) is 0 Å². The minimum atomic E-state index is -3.07. The summed E-state index contributed by atoms with van der Waals surface area (Å²) in [4.78, 5) is 23.4. The average molecular weight is 338 g/mol. The van der Waals surface area contributed by atoms with Gasteiger partial charge >= 0.3 is 0 Å². The lowest BCUT2D eigenvalue weighted by molar-refractivity contribution is -0.111. The lowest BCUT2D eigenvalue weighted by atomic mass is 9.92. The summed E-state index contributed by atoms with van der Waals surface area (Å²) in [5.41, 5.74) is 0.357. The summed E-state index contributed by atoms with van der Waals surface area (Å²) in [7, 11) is -3.07. The first-order valence-corrected chi connectivity index (χ1v) is 8.92. The van der Waals surface area contributed by atoms with Gasteiger partial charge in [0.05, 0.1) is 10.9 Å². The summed E-state index contributed by atoms with van der Waals surface area (Å²) in [6, 6.07) is 3.87. The molecule has 23 heavy (non-hydrogen) atoms. The summed E-state index contributed by atoms with van der Waals surface area (Å²) in [5, 5.41) is 14.4. The van der Waals surface area contributed by atoms with E-state index in [4.69, 9.17) is 0 Å². The van der Waals surface area contributed by atoms with Crippen molar-refractivity contribution in [1.82, 2.24) is 5.32 Å². The number of phenolic OH excluding ortho intramolecular Hbond substituents is 1. The van der Waals surface area contributed by atoms with E-state index >= 15 is 0 Å². The van der Waals surface area contributed by atoms with Crippen LogP contribution in [0.2, 0.25) is 0 Å². The quantitative estimate of drug-likeness (QED) is 0.543. The Bertz CT molecular complexity index is 751. The van der Waals surface area contributed by atoms with Gasteiger partial charge in [0.25, 0.3) is 5.91 Å². The Balaban J connectivity index is 2.02. The van der Waals surface area contributed by atoms with E-state index in [0.717, 1.165) is 6.08 Å². The molecule has 7 nitrogen and oxygen atoms in total. The third kappa shape index (κ3) is 4.10. The minimum absolute atomic E-state index is 0.102. The molecule has 1 aliphatic carbocycles. The van der Waals surface area contributed by atoms with Gasteiger partial charge in [0.15, 0.2) is 0 Å². The zero-order chi connectivity index (χ0) is 17.2. The van der Waals surface area contributed by atoms with Crippen LogP contribution in [0.15, 0.2) is 30.9 Å². The molecular formula is C15H18N2O5S. The van der Waals surface area contributed by atoms with Crippen molar-refractivity contribution in [2.75, 3.05) is 11.6 Å². The molecule has 0 bridgehead atoms. The summed E-state index contributed by atoms with van der Waals surface area (Å²) in [6.45, 7) is 3.31. The molecular weight excluding hydrogens is 320 g/mol. The molecule has 1 fully saturated rings. The highest BCUT2D eigenvalue weighted by Crippen LogP contribution is 2.28. The van der Waals surface area contributed by atoms with Crippen LogP contribution in [-0.2, 0) is 14.6 Å². The third-order valence-corrected chi connectivity index (χ3v) is 5.33. The molecule has 2 amide bonds. The molecule has 1 saturated carbocycles. The van der Waals surface area contributed by atoms with E-state index < -0.39 is 26.9 Å². The van der Waals surface area contributed by atoms with Crippen LogP contribution in [0.3, 0.4) is 0 Å². The molecule has 8 heteroatoms. The number of hydrogen-bond acceptors (Lipinski definition) is 5. The lowest BCUT2D eigenvalue weighted by Crippen LogP contribution is -2.49. The number of carbonyl (C=O) groups excluding carboxylic acids is 2. The van der Waals surface area contributed by atoms with Gasteiger partial charge < -0.3 is 15.7 Å². The Hall–Kier alpha value is -2.35. The van der Waals surface area contributed by atoms with E-state index in [1.165, 1.54) is 24.5 Å². The van der Waals surface area contributed by atoms with Crippen molar-refractivity contribution >= 4 is 27.3 Å². The molecule has 1 aromatic carbocycles. The Morgan fingerprint density at radius 3 is 2.57 bits per heavy atom. The number of hydrogen-bond donors (Lipinski definition) is 3. The van der Waals surface area contributed by atoms with E-state index in [9.17, 15) is 23.1 Å². The standard InChI is InChI=1S/C15H18N2O5S/c1-3-14(19)17-12-6-9(4-5-13(12)18)15(20)16-10-7-11(8-10)23(2,21)22/h3-6,10-11,18H,1,7-8H2,2H3,(H,16,20)(H,17,19). The summed E-state index contributed by atoms with van der Waals surface area (Å²) >= 11 is 0. The fourth-order valence-corrected chi connectivity index (χ4v) is 3.43. The highest BCUT2D eigenvalue weighted by atomic mass is 32.2. The van der Waals surface area contributed by atoms with Gasteiger partial charge in [-0.25, -0.2) is 8.42 Å². The SMILES string of the molecule is C=CC(=O)Nc1cc(C(=O)NC2CC(S(C)(=O)=O)C2)ccc1O. The van der Waals surface area contributed by atoms with Crippen LogP contribution in [0.5, 0.6) is 5.75 Å². The molecule has 0 spiro atoms. The van der Waals surface area contributed by atoms with Crippen molar-refractivity contribution in [3.8, 4) is 5.75 Å². The van der Waals surface area contributed by atoms with E-state index in [2.05, 4.69) is 17.2 Å². The minimum Gasteiger partial charge on any atom is -0.506 e. The van der Waals surface area contributed by atoms with Gasteiger partial charge in [0.2, 0.25) is 5.91 Å². The number of amides is 2. The van der Waals surface area contributed by atoms with Crippen molar-refractivity contribution in [3.05, 3.63) is 36.4 Å². The average Bonchev–Trinajstić information content (AvgIpc) is 2.42. The Morgan fingerprint density at radius 1 is 1.35 bits per heavy atom. The lowest BCUT2D eigenvalue weighted by Gasteiger charge is -2.34. The van der Waals surface area contributed by atoms with Crippen LogP contribution < -0.4 is 10.6 Å². The number of anilines is 1. The molecule has 124 valence electrons. The molecule has 0 radical (unpaired) electrons. The number of sulfone groups is 1. The van der Waals surface area contributed by atoms with E-state index in [1.807, 2.05) is 0 Å². The molecule has 0 aromatic heterocycles. The van der Waals surface area contributed by atoms with Crippen LogP contribution in [0, 0.1) is 0 Å². The normalized spacial score (nSPS) is 20.2. The van der Waals surface area contributed by atoms with Crippen LogP contribution in [0.25, 0.3) is 0 Å². The van der Waals surface area contributed by atoms with Crippen LogP contribution in [0.4, 0.5) is 5.69 Å². The van der Waals surface area contributed by atoms with Crippen molar-refractivity contribution < 1.29 is 23.1 Å². The van der Waals surface area contributed by atoms with E-state index in [-0.39, 0.29) is 23.0 Å². The summed E-state index contributed by atoms with van der Waals surface area (Å²) in [5.74, 6) is -1.07. The highest BCUT2D eigenvalue weighted by molar-refractivity contribution is 7.91. The second-order valence-electron chi connectivity index (χ2n) is 5.52. The molecule has 0 saturated heterocycles. The number of rotatable bonds is 5. The van der Waals surface area contributed by atoms with Gasteiger partial charge in [0, 0.05) is 17.9 Å². The van der Waals surface area contributed by atoms with Gasteiger partial charge in [-0.1, -0.05) is 6.58 Å². The predicted octanol–water partition coefficient (Wildman–Crippen LogP) is 0.822. The molecule has 0 atom stereocenters. The fourth-order valence-electron chi connectivity index (χ4n) is 2.26. The second kappa shape index (κ2) is 6.41. The first-order valence-electron chi connectivity index (χ1n) is 6.97. The molecule has 2 rings (SSSR count). The highest BCUT2D eigenvalue weighted by Gasteiger charge is 2.37. The maximum atomic E-state index is 12.1. The van der Waals surface area contributed by atoms with Crippen LogP contribution in [-0.4, -0.2) is 42.9 Å². The number of benzene rings is 1. The first-order chi connectivity index (χ1) is 10.7. The third-order valence-electron chi connectivity index (χ3n) is 3.74. The Labute approximate surface area is 134 Å². The number of phenols is 1. The van der Waals surface area contributed by atoms with Crippen molar-refractivity contribution in [2.45, 2.75) is 24.1 Å². The molecule has 1 aliphatic rings. The Kier molecular flexibility index (Phi) is 4.74. The summed E-state index contributed by atoms with van der Waals surface area (Å²) in [6.07, 6.45) is 3.02. The Morgan fingerprint density at radius 2 is 2.00 bits per heavy atom. The first kappa shape index (κ1) is 17.0. The number of aromatic hydroxyl groups is 1. The smallest absolute Gasteiger partial charge is 0.251 e. The molecule has 3 N–H and O–H groups in total. The van der Waals surface area contributed by atoms with Gasteiger partial charge in [-0.05, 0) is 37.1 Å². The summed E-state index contributed by atoms with van der Waals surface area (Å²) < 4.78 is 22.7. The molecule has 0 aliphatic heterocycles. The van der Waals surface area contributed by atoms with Gasteiger partial charge in [0.1, 0.15) is 15.6 Å². The van der Waals surface area contributed by atoms with Crippen LogP contribution >= 0.6 is 0 Å². The van der Waals surface area contributed by atoms with Crippen LogP contribution in [0.1, 0.15) is 23.2 Å². The monoisotopic (exact) mass is 338 g/mol.